The molecule has 3 heterocycles. The van der Waals surface area contributed by atoms with E-state index in [4.69, 9.17) is 22.1 Å². The highest BCUT2D eigenvalue weighted by molar-refractivity contribution is 6.35. The number of nitrogens with two attached hydrogens (primary N) is 1. The summed E-state index contributed by atoms with van der Waals surface area (Å²) in [6.07, 6.45) is 3.36. The van der Waals surface area contributed by atoms with Gasteiger partial charge in [-0.05, 0) is 32.4 Å². The van der Waals surface area contributed by atoms with Gasteiger partial charge in [0.1, 0.15) is 10.7 Å². The van der Waals surface area contributed by atoms with Gasteiger partial charge in [-0.25, -0.2) is 0 Å². The molecule has 0 unspecified atom stereocenters. The first-order valence-corrected chi connectivity index (χ1v) is 8.15. The van der Waals surface area contributed by atoms with E-state index in [9.17, 15) is 4.79 Å². The Bertz CT molecular complexity index is 529. The molecule has 3 N–H and O–H groups in total. The van der Waals surface area contributed by atoms with Gasteiger partial charge in [0.25, 0.3) is 5.91 Å². The molecule has 0 bridgehead atoms. The topological polar surface area (TPSA) is 87.5 Å². The Morgan fingerprint density at radius 3 is 2.82 bits per heavy atom. The van der Waals surface area contributed by atoms with Crippen LogP contribution < -0.4 is 5.73 Å². The van der Waals surface area contributed by atoms with Crippen molar-refractivity contribution in [3.05, 3.63) is 10.7 Å². The molecular weight excluding hydrogens is 306 g/mol. The number of H-pyrrole nitrogens is 1. The van der Waals surface area contributed by atoms with E-state index in [1.54, 1.807) is 4.90 Å². The van der Waals surface area contributed by atoms with E-state index in [-0.39, 0.29) is 28.5 Å². The van der Waals surface area contributed by atoms with Crippen molar-refractivity contribution in [2.24, 2.45) is 0 Å². The summed E-state index contributed by atoms with van der Waals surface area (Å²) in [5.41, 5.74) is 5.86. The van der Waals surface area contributed by atoms with E-state index in [1.165, 1.54) is 12.8 Å². The van der Waals surface area contributed by atoms with Crippen LogP contribution in [0.25, 0.3) is 0 Å². The maximum absolute atomic E-state index is 12.6. The number of amides is 1. The first-order valence-electron chi connectivity index (χ1n) is 7.77. The predicted octanol–water partition coefficient (Wildman–Crippen LogP) is 0.972. The molecule has 1 amide bonds. The molecule has 1 aromatic heterocycles. The summed E-state index contributed by atoms with van der Waals surface area (Å²) in [7, 11) is 0. The number of aromatic nitrogens is 2. The first-order chi connectivity index (χ1) is 10.6. The molecule has 8 heteroatoms. The second-order valence-electron chi connectivity index (χ2n) is 5.90. The number of aromatic amines is 1. The number of carbonyl (C=O) groups excluding carboxylic acids is 1. The van der Waals surface area contributed by atoms with Crippen LogP contribution in [0.4, 0.5) is 5.82 Å². The zero-order valence-corrected chi connectivity index (χ0v) is 13.3. The lowest BCUT2D eigenvalue weighted by molar-refractivity contribution is 0.0296. The third-order valence-corrected chi connectivity index (χ3v) is 4.63. The van der Waals surface area contributed by atoms with Crippen molar-refractivity contribution in [2.45, 2.75) is 25.4 Å². The third-order valence-electron chi connectivity index (χ3n) is 4.24. The maximum Gasteiger partial charge on any atom is 0.273 e. The minimum atomic E-state index is -0.161. The number of carbonyl (C=O) groups is 1. The van der Waals surface area contributed by atoms with Gasteiger partial charge in [0.2, 0.25) is 0 Å². The fourth-order valence-electron chi connectivity index (χ4n) is 3.09. The summed E-state index contributed by atoms with van der Waals surface area (Å²) in [5.74, 6) is -0.00386. The monoisotopic (exact) mass is 327 g/mol. The van der Waals surface area contributed by atoms with Crippen LogP contribution in [-0.2, 0) is 4.74 Å². The number of nitrogens with one attached hydrogen (secondary N) is 1. The standard InChI is InChI=1S/C14H22ClN5O2/c15-11-12(17-18-13(11)16)14(21)20-6-3-7-22-10(9-20)8-19-4-1-2-5-19/h10H,1-9H2,(H3,16,17,18)/t10-/m0/s1. The van der Waals surface area contributed by atoms with Gasteiger partial charge in [-0.15, -0.1) is 0 Å². The van der Waals surface area contributed by atoms with Gasteiger partial charge < -0.3 is 20.3 Å². The molecule has 0 aliphatic carbocycles. The van der Waals surface area contributed by atoms with Crippen molar-refractivity contribution in [1.29, 1.82) is 0 Å². The van der Waals surface area contributed by atoms with Crippen LogP contribution in [0.2, 0.25) is 5.02 Å². The molecule has 2 saturated heterocycles. The van der Waals surface area contributed by atoms with Gasteiger partial charge in [0.05, 0.1) is 6.10 Å². The molecule has 7 nitrogen and oxygen atoms in total. The van der Waals surface area contributed by atoms with Crippen LogP contribution in [0.15, 0.2) is 0 Å². The Labute approximate surface area is 134 Å². The highest BCUT2D eigenvalue weighted by Crippen LogP contribution is 2.22. The quantitative estimate of drug-likeness (QED) is 0.864. The number of hydrogen-bond donors (Lipinski definition) is 2. The smallest absolute Gasteiger partial charge is 0.273 e. The van der Waals surface area contributed by atoms with E-state index in [0.29, 0.717) is 19.7 Å². The lowest BCUT2D eigenvalue weighted by Gasteiger charge is -2.26. The zero-order chi connectivity index (χ0) is 15.5. The predicted molar refractivity (Wildman–Crippen MR) is 83.9 cm³/mol. The van der Waals surface area contributed by atoms with Crippen molar-refractivity contribution < 1.29 is 9.53 Å². The normalized spacial score (nSPS) is 23.7. The van der Waals surface area contributed by atoms with Crippen LogP contribution in [0.3, 0.4) is 0 Å². The van der Waals surface area contributed by atoms with Gasteiger partial charge in [-0.2, -0.15) is 5.10 Å². The largest absolute Gasteiger partial charge is 0.381 e. The number of halogens is 1. The van der Waals surface area contributed by atoms with E-state index < -0.39 is 0 Å². The number of ether oxygens (including phenoxy) is 1. The number of nitrogens with zero attached hydrogens (tertiary/aromatic N) is 3. The Kier molecular flexibility index (Phi) is 4.85. The number of rotatable bonds is 3. The van der Waals surface area contributed by atoms with E-state index in [0.717, 1.165) is 26.1 Å². The Morgan fingerprint density at radius 2 is 2.14 bits per heavy atom. The molecule has 2 fully saturated rings. The van der Waals surface area contributed by atoms with Crippen molar-refractivity contribution >= 4 is 23.3 Å². The molecule has 0 spiro atoms. The second-order valence-corrected chi connectivity index (χ2v) is 6.28. The molecule has 1 aromatic rings. The molecule has 3 rings (SSSR count). The van der Waals surface area contributed by atoms with Gasteiger partial charge in [0.15, 0.2) is 5.82 Å². The summed E-state index contributed by atoms with van der Waals surface area (Å²) >= 11 is 6.03. The zero-order valence-electron chi connectivity index (χ0n) is 12.6. The lowest BCUT2D eigenvalue weighted by Crippen LogP contribution is -2.42. The minimum Gasteiger partial charge on any atom is -0.381 e. The number of nitrogen functional groups attached to an aromatic ring is 1. The summed E-state index contributed by atoms with van der Waals surface area (Å²) in [5, 5.41) is 6.62. The minimum absolute atomic E-state index is 0.0450. The van der Waals surface area contributed by atoms with E-state index in [2.05, 4.69) is 15.1 Å². The molecule has 1 atom stereocenters. The molecule has 0 aromatic carbocycles. The summed E-state index contributed by atoms with van der Waals surface area (Å²) in [4.78, 5) is 16.8. The molecule has 122 valence electrons. The highest BCUT2D eigenvalue weighted by atomic mass is 35.5. The summed E-state index contributed by atoms with van der Waals surface area (Å²) in [6.45, 7) is 5.03. The fraction of sp³-hybridized carbons (Fsp3) is 0.714. The van der Waals surface area contributed by atoms with Gasteiger partial charge in [-0.3, -0.25) is 9.89 Å². The SMILES string of the molecule is Nc1n[nH]c(C(=O)N2CCCO[C@@H](CN3CCCC3)C2)c1Cl. The molecule has 2 aliphatic rings. The van der Waals surface area contributed by atoms with Crippen LogP contribution in [0.1, 0.15) is 29.8 Å². The first kappa shape index (κ1) is 15.6. The maximum atomic E-state index is 12.6. The van der Waals surface area contributed by atoms with Gasteiger partial charge >= 0.3 is 0 Å². The number of hydrogen-bond acceptors (Lipinski definition) is 5. The Hall–Kier alpha value is -1.31. The number of likely N-dealkylation sites (tertiary alicyclic amines) is 1. The number of anilines is 1. The van der Waals surface area contributed by atoms with E-state index >= 15 is 0 Å². The molecule has 22 heavy (non-hydrogen) atoms. The summed E-state index contributed by atoms with van der Waals surface area (Å²) in [6, 6.07) is 0. The van der Waals surface area contributed by atoms with Crippen LogP contribution in [0, 0.1) is 0 Å². The van der Waals surface area contributed by atoms with Gasteiger partial charge in [-0.1, -0.05) is 11.6 Å². The molecular formula is C14H22ClN5O2. The average Bonchev–Trinajstić information content (AvgIpc) is 3.05. The second kappa shape index (κ2) is 6.85. The van der Waals surface area contributed by atoms with Gasteiger partial charge in [0, 0.05) is 26.2 Å². The fourth-order valence-corrected chi connectivity index (χ4v) is 3.25. The van der Waals surface area contributed by atoms with Crippen LogP contribution in [-0.4, -0.2) is 71.3 Å². The lowest BCUT2D eigenvalue weighted by atomic mass is 10.2. The average molecular weight is 328 g/mol. The van der Waals surface area contributed by atoms with Crippen molar-refractivity contribution in [2.75, 3.05) is 45.1 Å². The Balaban J connectivity index is 1.66. The highest BCUT2D eigenvalue weighted by Gasteiger charge is 2.28. The van der Waals surface area contributed by atoms with Crippen molar-refractivity contribution in [3.8, 4) is 0 Å². The van der Waals surface area contributed by atoms with Crippen LogP contribution in [0.5, 0.6) is 0 Å². The van der Waals surface area contributed by atoms with Crippen molar-refractivity contribution in [3.63, 3.8) is 0 Å². The Morgan fingerprint density at radius 1 is 1.36 bits per heavy atom. The van der Waals surface area contributed by atoms with Crippen LogP contribution >= 0.6 is 11.6 Å². The molecule has 2 aliphatic heterocycles. The third kappa shape index (κ3) is 3.37. The summed E-state index contributed by atoms with van der Waals surface area (Å²) < 4.78 is 5.90. The molecule has 0 saturated carbocycles. The van der Waals surface area contributed by atoms with Crippen molar-refractivity contribution in [1.82, 2.24) is 20.0 Å². The van der Waals surface area contributed by atoms with E-state index in [1.807, 2.05) is 0 Å². The molecule has 0 radical (unpaired) electrons.